The molecule has 0 spiro atoms. The molecule has 1 atom stereocenters. The SMILES string of the molecule is COc1ccc(C2CSc3nnc(-c4ccco4)n3N2)cc1. The largest absolute Gasteiger partial charge is 0.497 e. The number of nitrogens with one attached hydrogen (secondary N) is 1. The first-order chi connectivity index (χ1) is 10.8. The number of nitrogens with zero attached hydrogens (tertiary/aromatic N) is 3. The molecule has 0 saturated carbocycles. The molecule has 7 heteroatoms. The van der Waals surface area contributed by atoms with E-state index in [0.29, 0.717) is 11.6 Å². The van der Waals surface area contributed by atoms with Gasteiger partial charge in [0.15, 0.2) is 5.76 Å². The second-order valence-electron chi connectivity index (χ2n) is 4.88. The normalized spacial score (nSPS) is 16.9. The van der Waals surface area contributed by atoms with Gasteiger partial charge < -0.3 is 14.6 Å². The highest BCUT2D eigenvalue weighted by atomic mass is 32.2. The van der Waals surface area contributed by atoms with Gasteiger partial charge in [-0.2, -0.15) is 0 Å². The van der Waals surface area contributed by atoms with E-state index in [1.54, 1.807) is 25.1 Å². The first kappa shape index (κ1) is 13.3. The minimum atomic E-state index is 0.174. The molecule has 2 aromatic heterocycles. The second-order valence-corrected chi connectivity index (χ2v) is 5.87. The predicted octanol–water partition coefficient (Wildman–Crippen LogP) is 2.94. The van der Waals surface area contributed by atoms with Gasteiger partial charge in [-0.25, -0.2) is 4.68 Å². The van der Waals surface area contributed by atoms with Gasteiger partial charge in [0.1, 0.15) is 5.75 Å². The molecule has 3 heterocycles. The Morgan fingerprint density at radius 2 is 2.14 bits per heavy atom. The van der Waals surface area contributed by atoms with E-state index in [9.17, 15) is 0 Å². The van der Waals surface area contributed by atoms with Crippen molar-refractivity contribution < 1.29 is 9.15 Å². The summed E-state index contributed by atoms with van der Waals surface area (Å²) in [6.07, 6.45) is 1.63. The summed E-state index contributed by atoms with van der Waals surface area (Å²) in [7, 11) is 1.67. The highest BCUT2D eigenvalue weighted by Gasteiger charge is 2.25. The van der Waals surface area contributed by atoms with Gasteiger partial charge in [0.05, 0.1) is 19.4 Å². The van der Waals surface area contributed by atoms with E-state index in [1.807, 2.05) is 28.9 Å². The third kappa shape index (κ3) is 2.23. The summed E-state index contributed by atoms with van der Waals surface area (Å²) in [6.45, 7) is 0. The average Bonchev–Trinajstić information content (AvgIpc) is 3.23. The summed E-state index contributed by atoms with van der Waals surface area (Å²) in [5, 5.41) is 9.26. The van der Waals surface area contributed by atoms with Crippen LogP contribution in [-0.2, 0) is 0 Å². The number of aromatic nitrogens is 3. The van der Waals surface area contributed by atoms with Crippen molar-refractivity contribution in [2.24, 2.45) is 0 Å². The van der Waals surface area contributed by atoms with Crippen LogP contribution in [0.2, 0.25) is 0 Å². The van der Waals surface area contributed by atoms with E-state index in [1.165, 1.54) is 5.56 Å². The van der Waals surface area contributed by atoms with E-state index in [-0.39, 0.29) is 6.04 Å². The van der Waals surface area contributed by atoms with E-state index < -0.39 is 0 Å². The van der Waals surface area contributed by atoms with Gasteiger partial charge in [0.2, 0.25) is 11.0 Å². The number of thioether (sulfide) groups is 1. The van der Waals surface area contributed by atoms with Crippen molar-refractivity contribution in [3.8, 4) is 17.3 Å². The molecule has 1 unspecified atom stereocenters. The van der Waals surface area contributed by atoms with Gasteiger partial charge in [-0.15, -0.1) is 10.2 Å². The molecule has 0 saturated heterocycles. The molecule has 0 fully saturated rings. The number of benzene rings is 1. The van der Waals surface area contributed by atoms with Crippen LogP contribution in [0.1, 0.15) is 11.6 Å². The Hall–Kier alpha value is -2.41. The smallest absolute Gasteiger partial charge is 0.219 e. The van der Waals surface area contributed by atoms with E-state index >= 15 is 0 Å². The number of fused-ring (bicyclic) bond motifs is 1. The summed E-state index contributed by atoms with van der Waals surface area (Å²) in [4.78, 5) is 0. The Balaban J connectivity index is 1.64. The van der Waals surface area contributed by atoms with Gasteiger partial charge in [0.25, 0.3) is 0 Å². The van der Waals surface area contributed by atoms with Gasteiger partial charge in [0, 0.05) is 5.75 Å². The lowest BCUT2D eigenvalue weighted by Crippen LogP contribution is -2.28. The van der Waals surface area contributed by atoms with E-state index in [0.717, 1.165) is 16.7 Å². The zero-order valence-electron chi connectivity index (χ0n) is 11.9. The van der Waals surface area contributed by atoms with Crippen LogP contribution in [0.15, 0.2) is 52.2 Å². The molecule has 1 aliphatic rings. The van der Waals surface area contributed by atoms with Crippen LogP contribution in [0.3, 0.4) is 0 Å². The summed E-state index contributed by atoms with van der Waals surface area (Å²) >= 11 is 1.67. The molecule has 3 aromatic rings. The molecular formula is C15H14N4O2S. The lowest BCUT2D eigenvalue weighted by atomic mass is 10.1. The van der Waals surface area contributed by atoms with Crippen LogP contribution in [0, 0.1) is 0 Å². The zero-order valence-corrected chi connectivity index (χ0v) is 12.7. The fraction of sp³-hybridized carbons (Fsp3) is 0.200. The zero-order chi connectivity index (χ0) is 14.9. The van der Waals surface area contributed by atoms with Crippen molar-refractivity contribution >= 4 is 11.8 Å². The van der Waals surface area contributed by atoms with Crippen molar-refractivity contribution in [2.75, 3.05) is 18.3 Å². The second kappa shape index (κ2) is 5.42. The van der Waals surface area contributed by atoms with Gasteiger partial charge in [-0.05, 0) is 29.8 Å². The maximum atomic E-state index is 5.43. The molecule has 0 aliphatic carbocycles. The summed E-state index contributed by atoms with van der Waals surface area (Å²) in [5.74, 6) is 3.13. The van der Waals surface area contributed by atoms with Gasteiger partial charge >= 0.3 is 0 Å². The standard InChI is InChI=1S/C15H14N4O2S/c1-20-11-6-4-10(5-7-11)12-9-22-15-17-16-14(19(15)18-12)13-3-2-8-21-13/h2-8,12,18H,9H2,1H3. The minimum absolute atomic E-state index is 0.174. The molecule has 22 heavy (non-hydrogen) atoms. The lowest BCUT2D eigenvalue weighted by molar-refractivity contribution is 0.414. The molecule has 6 nitrogen and oxygen atoms in total. The van der Waals surface area contributed by atoms with Crippen molar-refractivity contribution in [1.29, 1.82) is 0 Å². The van der Waals surface area contributed by atoms with Crippen LogP contribution in [0.4, 0.5) is 0 Å². The average molecular weight is 314 g/mol. The monoisotopic (exact) mass is 314 g/mol. The maximum absolute atomic E-state index is 5.43. The Morgan fingerprint density at radius 1 is 1.27 bits per heavy atom. The number of ether oxygens (including phenoxy) is 1. The number of methoxy groups -OCH3 is 1. The molecule has 0 amide bonds. The number of rotatable bonds is 3. The Kier molecular flexibility index (Phi) is 3.27. The van der Waals surface area contributed by atoms with Crippen LogP contribution in [0.25, 0.3) is 11.6 Å². The summed E-state index contributed by atoms with van der Waals surface area (Å²) < 4.78 is 12.5. The molecule has 0 bridgehead atoms. The van der Waals surface area contributed by atoms with Crippen LogP contribution in [0.5, 0.6) is 5.75 Å². The molecule has 1 aliphatic heterocycles. The lowest BCUT2D eigenvalue weighted by Gasteiger charge is -2.26. The molecule has 112 valence electrons. The van der Waals surface area contributed by atoms with E-state index in [4.69, 9.17) is 9.15 Å². The quantitative estimate of drug-likeness (QED) is 0.802. The third-order valence-electron chi connectivity index (χ3n) is 3.56. The van der Waals surface area contributed by atoms with Gasteiger partial charge in [-0.3, -0.25) is 0 Å². The topological polar surface area (TPSA) is 65.1 Å². The van der Waals surface area contributed by atoms with Crippen LogP contribution >= 0.6 is 11.8 Å². The third-order valence-corrected chi connectivity index (χ3v) is 4.58. The predicted molar refractivity (Wildman–Crippen MR) is 83.5 cm³/mol. The molecule has 0 radical (unpaired) electrons. The van der Waals surface area contributed by atoms with Crippen molar-refractivity contribution in [1.82, 2.24) is 14.9 Å². The van der Waals surface area contributed by atoms with Crippen LogP contribution < -0.4 is 10.2 Å². The fourth-order valence-corrected chi connectivity index (χ4v) is 3.35. The van der Waals surface area contributed by atoms with Crippen molar-refractivity contribution in [2.45, 2.75) is 11.2 Å². The molecule has 4 rings (SSSR count). The highest BCUT2D eigenvalue weighted by Crippen LogP contribution is 2.32. The van der Waals surface area contributed by atoms with E-state index in [2.05, 4.69) is 27.8 Å². The first-order valence-electron chi connectivity index (χ1n) is 6.88. The molecular weight excluding hydrogens is 300 g/mol. The van der Waals surface area contributed by atoms with Crippen LogP contribution in [-0.4, -0.2) is 27.7 Å². The number of hydrogen-bond donors (Lipinski definition) is 1. The van der Waals surface area contributed by atoms with Crippen molar-refractivity contribution in [3.63, 3.8) is 0 Å². The number of hydrogen-bond acceptors (Lipinski definition) is 6. The molecule has 1 aromatic carbocycles. The highest BCUT2D eigenvalue weighted by molar-refractivity contribution is 7.99. The van der Waals surface area contributed by atoms with Gasteiger partial charge in [-0.1, -0.05) is 23.9 Å². The minimum Gasteiger partial charge on any atom is -0.497 e. The van der Waals surface area contributed by atoms with Crippen molar-refractivity contribution in [3.05, 3.63) is 48.2 Å². The fourth-order valence-electron chi connectivity index (χ4n) is 2.40. The summed E-state index contributed by atoms with van der Waals surface area (Å²) in [5.41, 5.74) is 4.65. The summed E-state index contributed by atoms with van der Waals surface area (Å²) in [6, 6.07) is 12.0. The Bertz CT molecular complexity index is 767. The Morgan fingerprint density at radius 3 is 2.86 bits per heavy atom. The maximum Gasteiger partial charge on any atom is 0.219 e. The first-order valence-corrected chi connectivity index (χ1v) is 7.86. The Labute approximate surface area is 131 Å². The number of furan rings is 1. The molecule has 1 N–H and O–H groups in total.